The quantitative estimate of drug-likeness (QED) is 0.286. The van der Waals surface area contributed by atoms with Gasteiger partial charge in [0, 0.05) is 30.6 Å². The molecule has 5 rings (SSSR count). The number of fused-ring (bicyclic) bond motifs is 1. The van der Waals surface area contributed by atoms with Crippen LogP contribution < -0.4 is 11.1 Å². The van der Waals surface area contributed by atoms with Gasteiger partial charge >= 0.3 is 6.03 Å². The maximum absolute atomic E-state index is 12.5. The van der Waals surface area contributed by atoms with Crippen molar-refractivity contribution in [1.82, 2.24) is 15.2 Å². The largest absolute Gasteiger partial charge is 0.379 e. The first-order chi connectivity index (χ1) is 18.0. The van der Waals surface area contributed by atoms with Crippen molar-refractivity contribution in [2.24, 2.45) is 5.73 Å². The van der Waals surface area contributed by atoms with Crippen LogP contribution in [0, 0.1) is 0 Å². The number of aromatic nitrogens is 1. The molecule has 37 heavy (non-hydrogen) atoms. The first-order valence-electron chi connectivity index (χ1n) is 12.6. The number of thiazole rings is 1. The lowest BCUT2D eigenvalue weighted by Crippen LogP contribution is -2.56. The summed E-state index contributed by atoms with van der Waals surface area (Å²) in [6.45, 7) is 3.51. The van der Waals surface area contributed by atoms with Crippen LogP contribution in [0.3, 0.4) is 0 Å². The van der Waals surface area contributed by atoms with Crippen molar-refractivity contribution in [2.75, 3.05) is 32.8 Å². The van der Waals surface area contributed by atoms with Crippen molar-refractivity contribution >= 4 is 39.2 Å². The van der Waals surface area contributed by atoms with Crippen LogP contribution in [0.25, 0.3) is 10.2 Å². The van der Waals surface area contributed by atoms with Gasteiger partial charge in [-0.15, -0.1) is 11.3 Å². The van der Waals surface area contributed by atoms with E-state index in [9.17, 15) is 4.79 Å². The van der Waals surface area contributed by atoms with E-state index in [4.69, 9.17) is 27.1 Å². The molecule has 6 nitrogen and oxygen atoms in total. The number of carbonyl (C=O) groups excluding carboxylic acids is 1. The minimum Gasteiger partial charge on any atom is -0.379 e. The van der Waals surface area contributed by atoms with Crippen LogP contribution in [-0.4, -0.2) is 48.8 Å². The topological polar surface area (TPSA) is 80.5 Å². The number of nitrogens with zero attached hydrogens (tertiary/aromatic N) is 2. The summed E-state index contributed by atoms with van der Waals surface area (Å²) in [5.74, 6) is 0.157. The molecule has 1 saturated heterocycles. The summed E-state index contributed by atoms with van der Waals surface area (Å²) in [6, 6.07) is 26.2. The average Bonchev–Trinajstić information content (AvgIpc) is 3.34. The Kier molecular flexibility index (Phi) is 8.05. The van der Waals surface area contributed by atoms with Gasteiger partial charge in [-0.3, -0.25) is 4.90 Å². The fraction of sp³-hybridized carbons (Fsp3) is 0.310. The van der Waals surface area contributed by atoms with Crippen LogP contribution in [0.5, 0.6) is 0 Å². The smallest absolute Gasteiger partial charge is 0.313 e. The molecular formula is C29H31ClN4O2S. The van der Waals surface area contributed by atoms with Crippen molar-refractivity contribution in [2.45, 2.75) is 24.3 Å². The molecule has 8 heteroatoms. The Hall–Kier alpha value is -2.97. The molecule has 0 saturated carbocycles. The third kappa shape index (κ3) is 6.13. The summed E-state index contributed by atoms with van der Waals surface area (Å²) in [5, 5.41) is 4.64. The number of nitrogens with one attached hydrogen (secondary N) is 1. The Morgan fingerprint density at radius 3 is 2.32 bits per heavy atom. The summed E-state index contributed by atoms with van der Waals surface area (Å²) >= 11 is 7.86. The Morgan fingerprint density at radius 2 is 1.70 bits per heavy atom. The molecule has 0 bridgehead atoms. The first-order valence-corrected chi connectivity index (χ1v) is 13.8. The number of halogens is 1. The number of morpholine rings is 1. The lowest BCUT2D eigenvalue weighted by molar-refractivity contribution is 0.0227. The number of hydrogen-bond donors (Lipinski definition) is 2. The van der Waals surface area contributed by atoms with Crippen LogP contribution in [0.4, 0.5) is 4.79 Å². The van der Waals surface area contributed by atoms with Crippen LogP contribution in [0.15, 0.2) is 78.9 Å². The van der Waals surface area contributed by atoms with E-state index in [0.717, 1.165) is 34.7 Å². The number of ether oxygens (including phenoxy) is 1. The van der Waals surface area contributed by atoms with Gasteiger partial charge in [0.2, 0.25) is 0 Å². The standard InChI is InChI=1S/C29H31ClN4O2S/c30-23-11-12-26-25(19-23)32-27(37-26)29(33-28(31)35,20-34-15-17-36-18-16-34)14-13-24(21-7-3-1-4-8-21)22-9-5-2-6-10-22/h1-12,19,24H,13-18,20H2,(H3,31,33,35). The van der Waals surface area contributed by atoms with Crippen LogP contribution in [-0.2, 0) is 10.3 Å². The summed E-state index contributed by atoms with van der Waals surface area (Å²) in [4.78, 5) is 19.8. The molecule has 1 unspecified atom stereocenters. The van der Waals surface area contributed by atoms with E-state index in [1.54, 1.807) is 11.3 Å². The maximum atomic E-state index is 12.5. The molecule has 2 heterocycles. The molecule has 1 atom stereocenters. The number of nitrogens with two attached hydrogens (primary N) is 1. The predicted octanol–water partition coefficient (Wildman–Crippen LogP) is 5.76. The Bertz CT molecular complexity index is 1290. The highest BCUT2D eigenvalue weighted by atomic mass is 35.5. The predicted molar refractivity (Wildman–Crippen MR) is 150 cm³/mol. The second kappa shape index (κ2) is 11.6. The van der Waals surface area contributed by atoms with Crippen molar-refractivity contribution in [1.29, 1.82) is 0 Å². The first kappa shape index (κ1) is 25.7. The van der Waals surface area contributed by atoms with Gasteiger partial charge in [0.05, 0.1) is 23.4 Å². The van der Waals surface area contributed by atoms with Crippen LogP contribution >= 0.6 is 22.9 Å². The van der Waals surface area contributed by atoms with Crippen molar-refractivity contribution < 1.29 is 9.53 Å². The van der Waals surface area contributed by atoms with Crippen molar-refractivity contribution in [3.05, 3.63) is 100 Å². The zero-order valence-corrected chi connectivity index (χ0v) is 22.2. The zero-order chi connectivity index (χ0) is 25.7. The summed E-state index contributed by atoms with van der Waals surface area (Å²) in [5.41, 5.74) is 8.37. The van der Waals surface area contributed by atoms with Gasteiger partial charge in [0.25, 0.3) is 0 Å². The Morgan fingerprint density at radius 1 is 1.05 bits per heavy atom. The highest BCUT2D eigenvalue weighted by Gasteiger charge is 2.39. The molecule has 0 aliphatic carbocycles. The highest BCUT2D eigenvalue weighted by molar-refractivity contribution is 7.18. The zero-order valence-electron chi connectivity index (χ0n) is 20.6. The third-order valence-electron chi connectivity index (χ3n) is 6.98. The van der Waals surface area contributed by atoms with Gasteiger partial charge in [0.1, 0.15) is 10.5 Å². The third-order valence-corrected chi connectivity index (χ3v) is 8.46. The second-order valence-electron chi connectivity index (χ2n) is 9.50. The van der Waals surface area contributed by atoms with E-state index in [-0.39, 0.29) is 5.92 Å². The molecule has 1 aliphatic heterocycles. The molecule has 0 radical (unpaired) electrons. The van der Waals surface area contributed by atoms with E-state index in [0.29, 0.717) is 31.2 Å². The maximum Gasteiger partial charge on any atom is 0.313 e. The fourth-order valence-electron chi connectivity index (χ4n) is 5.18. The molecule has 4 aromatic rings. The molecule has 3 N–H and O–H groups in total. The summed E-state index contributed by atoms with van der Waals surface area (Å²) < 4.78 is 6.62. The molecule has 192 valence electrons. The Balaban J connectivity index is 1.56. The monoisotopic (exact) mass is 534 g/mol. The van der Waals surface area contributed by atoms with Crippen molar-refractivity contribution in [3.63, 3.8) is 0 Å². The minimum atomic E-state index is -0.763. The summed E-state index contributed by atoms with van der Waals surface area (Å²) in [6.07, 6.45) is 1.46. The van der Waals surface area contributed by atoms with Gasteiger partial charge in [-0.25, -0.2) is 9.78 Å². The van der Waals surface area contributed by atoms with E-state index >= 15 is 0 Å². The molecule has 1 aromatic heterocycles. The average molecular weight is 535 g/mol. The van der Waals surface area contributed by atoms with E-state index in [1.165, 1.54) is 11.1 Å². The number of amides is 2. The lowest BCUT2D eigenvalue weighted by Gasteiger charge is -2.39. The van der Waals surface area contributed by atoms with Crippen LogP contribution in [0.2, 0.25) is 5.02 Å². The van der Waals surface area contributed by atoms with Gasteiger partial charge < -0.3 is 15.8 Å². The van der Waals surface area contributed by atoms with Gasteiger partial charge in [0.15, 0.2) is 0 Å². The molecule has 2 amide bonds. The SMILES string of the molecule is NC(=O)NC(CCC(c1ccccc1)c1ccccc1)(CN1CCOCC1)c1nc2cc(Cl)ccc2s1. The highest BCUT2D eigenvalue weighted by Crippen LogP contribution is 2.39. The molecule has 3 aromatic carbocycles. The minimum absolute atomic E-state index is 0.157. The van der Waals surface area contributed by atoms with E-state index in [2.05, 4.69) is 58.7 Å². The number of carbonyl (C=O) groups is 1. The van der Waals surface area contributed by atoms with E-state index < -0.39 is 11.6 Å². The number of rotatable bonds is 9. The molecule has 0 spiro atoms. The van der Waals surface area contributed by atoms with Gasteiger partial charge in [-0.05, 0) is 42.2 Å². The van der Waals surface area contributed by atoms with Crippen LogP contribution in [0.1, 0.15) is 34.9 Å². The molecule has 1 aliphatic rings. The van der Waals surface area contributed by atoms with E-state index in [1.807, 2.05) is 30.3 Å². The Labute approximate surface area is 226 Å². The fourth-order valence-corrected chi connectivity index (χ4v) is 6.46. The molecular weight excluding hydrogens is 504 g/mol. The second-order valence-corrected chi connectivity index (χ2v) is 11.0. The lowest BCUT2D eigenvalue weighted by atomic mass is 9.82. The van der Waals surface area contributed by atoms with Crippen molar-refractivity contribution in [3.8, 4) is 0 Å². The van der Waals surface area contributed by atoms with Gasteiger partial charge in [-0.1, -0.05) is 72.3 Å². The summed E-state index contributed by atoms with van der Waals surface area (Å²) in [7, 11) is 0. The number of hydrogen-bond acceptors (Lipinski definition) is 5. The number of benzene rings is 3. The van der Waals surface area contributed by atoms with Gasteiger partial charge in [-0.2, -0.15) is 0 Å². The number of primary amides is 1. The molecule has 1 fully saturated rings. The number of urea groups is 1. The normalized spacial score (nSPS) is 16.1.